The van der Waals surface area contributed by atoms with Gasteiger partial charge in [-0.15, -0.1) is 0 Å². The monoisotopic (exact) mass is 312 g/mol. The van der Waals surface area contributed by atoms with E-state index in [2.05, 4.69) is 41.4 Å². The van der Waals surface area contributed by atoms with Crippen LogP contribution < -0.4 is 10.2 Å². The number of rotatable bonds is 4. The maximum absolute atomic E-state index is 12.3. The normalized spacial score (nSPS) is 32.5. The zero-order valence-corrected chi connectivity index (χ0v) is 14.1. The van der Waals surface area contributed by atoms with Crippen LogP contribution in [0.3, 0.4) is 0 Å². The second-order valence-electron chi connectivity index (χ2n) is 8.07. The second kappa shape index (κ2) is 6.18. The SMILES string of the molecule is CC1CCN(c2ccc(NC(=O)CC3CC4CCC3C4)cc2)C1. The van der Waals surface area contributed by atoms with Crippen LogP contribution in [0.1, 0.15) is 45.4 Å². The molecule has 1 N–H and O–H groups in total. The van der Waals surface area contributed by atoms with E-state index in [1.807, 2.05) is 0 Å². The molecular weight excluding hydrogens is 284 g/mol. The standard InChI is InChI=1S/C20H28N2O/c1-14-8-9-22(13-14)19-6-4-18(5-7-19)21-20(23)12-17-11-15-2-3-16(17)10-15/h4-7,14-17H,2-3,8-13H2,1H3,(H,21,23). The van der Waals surface area contributed by atoms with Crippen molar-refractivity contribution in [1.29, 1.82) is 0 Å². The summed E-state index contributed by atoms with van der Waals surface area (Å²) in [6.45, 7) is 4.61. The van der Waals surface area contributed by atoms with Gasteiger partial charge in [0.15, 0.2) is 0 Å². The molecule has 1 amide bonds. The number of nitrogens with one attached hydrogen (secondary N) is 1. The van der Waals surface area contributed by atoms with Crippen molar-refractivity contribution in [2.75, 3.05) is 23.3 Å². The molecule has 4 atom stereocenters. The predicted octanol–water partition coefficient (Wildman–Crippen LogP) is 4.30. The molecule has 3 heteroatoms. The van der Waals surface area contributed by atoms with E-state index >= 15 is 0 Å². The van der Waals surface area contributed by atoms with E-state index < -0.39 is 0 Å². The van der Waals surface area contributed by atoms with Gasteiger partial charge in [-0.25, -0.2) is 0 Å². The van der Waals surface area contributed by atoms with Crippen LogP contribution in [0.4, 0.5) is 11.4 Å². The molecule has 0 radical (unpaired) electrons. The van der Waals surface area contributed by atoms with Crippen molar-refractivity contribution in [3.8, 4) is 0 Å². The summed E-state index contributed by atoms with van der Waals surface area (Å²) < 4.78 is 0. The van der Waals surface area contributed by atoms with Crippen molar-refractivity contribution in [3.63, 3.8) is 0 Å². The molecule has 3 nitrogen and oxygen atoms in total. The van der Waals surface area contributed by atoms with Crippen LogP contribution in [0.25, 0.3) is 0 Å². The minimum absolute atomic E-state index is 0.199. The summed E-state index contributed by atoms with van der Waals surface area (Å²) >= 11 is 0. The van der Waals surface area contributed by atoms with Crippen molar-refractivity contribution in [2.45, 2.75) is 45.4 Å². The molecular formula is C20H28N2O. The van der Waals surface area contributed by atoms with Gasteiger partial charge in [0.1, 0.15) is 0 Å². The molecule has 1 aromatic carbocycles. The van der Waals surface area contributed by atoms with Gasteiger partial charge in [-0.3, -0.25) is 4.79 Å². The molecule has 124 valence electrons. The van der Waals surface area contributed by atoms with Crippen LogP contribution in [0, 0.1) is 23.7 Å². The van der Waals surface area contributed by atoms with Gasteiger partial charge in [0, 0.05) is 30.9 Å². The first-order chi connectivity index (χ1) is 11.2. The van der Waals surface area contributed by atoms with Gasteiger partial charge in [0.2, 0.25) is 5.91 Å². The lowest BCUT2D eigenvalue weighted by atomic mass is 9.86. The van der Waals surface area contributed by atoms with E-state index in [0.29, 0.717) is 12.3 Å². The third-order valence-electron chi connectivity index (χ3n) is 6.27. The first-order valence-electron chi connectivity index (χ1n) is 9.32. The molecule has 1 heterocycles. The highest BCUT2D eigenvalue weighted by molar-refractivity contribution is 5.91. The van der Waals surface area contributed by atoms with Crippen LogP contribution in [0.2, 0.25) is 0 Å². The van der Waals surface area contributed by atoms with E-state index in [9.17, 15) is 4.79 Å². The number of nitrogens with zero attached hydrogens (tertiary/aromatic N) is 1. The molecule has 2 bridgehead atoms. The third-order valence-corrected chi connectivity index (χ3v) is 6.27. The highest BCUT2D eigenvalue weighted by atomic mass is 16.1. The number of hydrogen-bond acceptors (Lipinski definition) is 2. The fourth-order valence-corrected chi connectivity index (χ4v) is 5.00. The summed E-state index contributed by atoms with van der Waals surface area (Å²) in [4.78, 5) is 14.7. The van der Waals surface area contributed by atoms with Gasteiger partial charge in [0.05, 0.1) is 0 Å². The highest BCUT2D eigenvalue weighted by Gasteiger charge is 2.40. The largest absolute Gasteiger partial charge is 0.371 e. The molecule has 3 aliphatic rings. The molecule has 2 aliphatic carbocycles. The lowest BCUT2D eigenvalue weighted by Crippen LogP contribution is -2.21. The summed E-state index contributed by atoms with van der Waals surface area (Å²) in [6, 6.07) is 8.39. The Bertz CT molecular complexity index is 568. The Labute approximate surface area is 139 Å². The number of fused-ring (bicyclic) bond motifs is 2. The highest BCUT2D eigenvalue weighted by Crippen LogP contribution is 2.49. The van der Waals surface area contributed by atoms with Crippen molar-refractivity contribution in [3.05, 3.63) is 24.3 Å². The van der Waals surface area contributed by atoms with Crippen LogP contribution >= 0.6 is 0 Å². The van der Waals surface area contributed by atoms with Crippen LogP contribution in [0.15, 0.2) is 24.3 Å². The number of amides is 1. The summed E-state index contributed by atoms with van der Waals surface area (Å²) in [7, 11) is 0. The van der Waals surface area contributed by atoms with Crippen molar-refractivity contribution in [1.82, 2.24) is 0 Å². The number of anilines is 2. The van der Waals surface area contributed by atoms with E-state index in [-0.39, 0.29) is 5.91 Å². The maximum Gasteiger partial charge on any atom is 0.224 e. The van der Waals surface area contributed by atoms with Crippen molar-refractivity contribution < 1.29 is 4.79 Å². The minimum Gasteiger partial charge on any atom is -0.371 e. The van der Waals surface area contributed by atoms with Gasteiger partial charge < -0.3 is 10.2 Å². The zero-order chi connectivity index (χ0) is 15.8. The average Bonchev–Trinajstić information content (AvgIpc) is 3.25. The molecule has 1 saturated heterocycles. The minimum atomic E-state index is 0.199. The Balaban J connectivity index is 1.31. The number of benzene rings is 1. The van der Waals surface area contributed by atoms with Gasteiger partial charge in [0.25, 0.3) is 0 Å². The summed E-state index contributed by atoms with van der Waals surface area (Å²) in [6.07, 6.45) is 7.41. The van der Waals surface area contributed by atoms with E-state index in [1.165, 1.54) is 37.8 Å². The Kier molecular flexibility index (Phi) is 4.04. The fraction of sp³-hybridized carbons (Fsp3) is 0.650. The fourth-order valence-electron chi connectivity index (χ4n) is 5.00. The molecule has 4 unspecified atom stereocenters. The average molecular weight is 312 g/mol. The van der Waals surface area contributed by atoms with Gasteiger partial charge in [-0.05, 0) is 73.6 Å². The van der Waals surface area contributed by atoms with Gasteiger partial charge in [-0.2, -0.15) is 0 Å². The second-order valence-corrected chi connectivity index (χ2v) is 8.07. The smallest absolute Gasteiger partial charge is 0.224 e. The first-order valence-corrected chi connectivity index (χ1v) is 9.32. The number of carbonyl (C=O) groups excluding carboxylic acids is 1. The maximum atomic E-state index is 12.3. The molecule has 1 aliphatic heterocycles. The van der Waals surface area contributed by atoms with E-state index in [4.69, 9.17) is 0 Å². The quantitative estimate of drug-likeness (QED) is 0.899. The molecule has 4 rings (SSSR count). The number of hydrogen-bond donors (Lipinski definition) is 1. The van der Waals surface area contributed by atoms with Crippen molar-refractivity contribution >= 4 is 17.3 Å². The molecule has 1 aromatic rings. The zero-order valence-electron chi connectivity index (χ0n) is 14.1. The third kappa shape index (κ3) is 3.24. The van der Waals surface area contributed by atoms with Crippen LogP contribution in [-0.4, -0.2) is 19.0 Å². The number of carbonyl (C=O) groups is 1. The summed E-state index contributed by atoms with van der Waals surface area (Å²) in [5.74, 6) is 3.37. The van der Waals surface area contributed by atoms with E-state index in [0.717, 1.165) is 36.5 Å². The molecule has 23 heavy (non-hydrogen) atoms. The Morgan fingerprint density at radius 3 is 2.61 bits per heavy atom. The Morgan fingerprint density at radius 1 is 1.17 bits per heavy atom. The molecule has 0 spiro atoms. The predicted molar refractivity (Wildman–Crippen MR) is 94.6 cm³/mol. The lowest BCUT2D eigenvalue weighted by Gasteiger charge is -2.21. The Morgan fingerprint density at radius 2 is 2.00 bits per heavy atom. The first kappa shape index (κ1) is 15.0. The van der Waals surface area contributed by atoms with Gasteiger partial charge >= 0.3 is 0 Å². The van der Waals surface area contributed by atoms with Crippen LogP contribution in [-0.2, 0) is 4.79 Å². The molecule has 2 saturated carbocycles. The topological polar surface area (TPSA) is 32.3 Å². The van der Waals surface area contributed by atoms with Gasteiger partial charge in [-0.1, -0.05) is 13.3 Å². The van der Waals surface area contributed by atoms with Crippen molar-refractivity contribution in [2.24, 2.45) is 23.7 Å². The summed E-state index contributed by atoms with van der Waals surface area (Å²) in [5.41, 5.74) is 2.22. The Hall–Kier alpha value is -1.51. The van der Waals surface area contributed by atoms with E-state index in [1.54, 1.807) is 0 Å². The molecule has 0 aromatic heterocycles. The van der Waals surface area contributed by atoms with Crippen LogP contribution in [0.5, 0.6) is 0 Å². The lowest BCUT2D eigenvalue weighted by molar-refractivity contribution is -0.117. The summed E-state index contributed by atoms with van der Waals surface area (Å²) in [5, 5.41) is 3.10. The molecule has 3 fully saturated rings.